The molecule has 0 atom stereocenters. The van der Waals surface area contributed by atoms with E-state index in [2.05, 4.69) is 9.71 Å². The molecule has 9 heteroatoms. The molecule has 114 valence electrons. The second kappa shape index (κ2) is 5.31. The molecule has 0 aliphatic heterocycles. The summed E-state index contributed by atoms with van der Waals surface area (Å²) in [7, 11) is -3.84. The van der Waals surface area contributed by atoms with E-state index < -0.39 is 10.0 Å². The summed E-state index contributed by atoms with van der Waals surface area (Å²) < 4.78 is 27.3. The van der Waals surface area contributed by atoms with Gasteiger partial charge < -0.3 is 10.2 Å². The van der Waals surface area contributed by atoms with Crippen LogP contribution in [0.15, 0.2) is 41.3 Å². The van der Waals surface area contributed by atoms with E-state index in [0.717, 1.165) is 11.3 Å². The number of nitrogens with zero attached hydrogens (tertiary/aromatic N) is 1. The number of phenolic OH excluding ortho intramolecular Hbond substituents is 2. The van der Waals surface area contributed by atoms with E-state index in [-0.39, 0.29) is 27.0 Å². The normalized spacial score (nSPS) is 11.7. The Morgan fingerprint density at radius 3 is 2.41 bits per heavy atom. The van der Waals surface area contributed by atoms with Crippen molar-refractivity contribution in [3.8, 4) is 11.5 Å². The lowest BCUT2D eigenvalue weighted by Gasteiger charge is -2.04. The molecule has 3 aromatic rings. The molecule has 0 unspecified atom stereocenters. The van der Waals surface area contributed by atoms with Gasteiger partial charge >= 0.3 is 0 Å². The molecular weight excluding hydrogens is 348 g/mol. The van der Waals surface area contributed by atoms with Crippen molar-refractivity contribution in [2.24, 2.45) is 0 Å². The Labute approximate surface area is 134 Å². The van der Waals surface area contributed by atoms with Gasteiger partial charge in [0.1, 0.15) is 17.0 Å². The van der Waals surface area contributed by atoms with Crippen molar-refractivity contribution in [2.45, 2.75) is 4.90 Å². The van der Waals surface area contributed by atoms with Crippen molar-refractivity contribution in [3.63, 3.8) is 0 Å². The first-order valence-electron chi connectivity index (χ1n) is 5.97. The average molecular weight is 357 g/mol. The quantitative estimate of drug-likeness (QED) is 0.669. The summed E-state index contributed by atoms with van der Waals surface area (Å²) in [4.78, 5) is 4.03. The van der Waals surface area contributed by atoms with Crippen molar-refractivity contribution in [1.29, 1.82) is 0 Å². The molecule has 1 heterocycles. The summed E-state index contributed by atoms with van der Waals surface area (Å²) in [5.41, 5.74) is 0.237. The van der Waals surface area contributed by atoms with Crippen LogP contribution in [-0.2, 0) is 10.0 Å². The lowest BCUT2D eigenvalue weighted by Crippen LogP contribution is -2.12. The molecular formula is C13H9ClN2O4S2. The molecule has 0 radical (unpaired) electrons. The van der Waals surface area contributed by atoms with Crippen molar-refractivity contribution in [2.75, 3.05) is 4.72 Å². The van der Waals surface area contributed by atoms with Crippen molar-refractivity contribution in [1.82, 2.24) is 4.98 Å². The van der Waals surface area contributed by atoms with E-state index in [4.69, 9.17) is 11.6 Å². The molecule has 3 rings (SSSR count). The molecule has 3 N–H and O–H groups in total. The predicted molar refractivity (Wildman–Crippen MR) is 85.2 cm³/mol. The molecule has 6 nitrogen and oxygen atoms in total. The van der Waals surface area contributed by atoms with Crippen LogP contribution in [0.2, 0.25) is 5.02 Å². The van der Waals surface area contributed by atoms with Crippen LogP contribution < -0.4 is 4.72 Å². The van der Waals surface area contributed by atoms with Gasteiger partial charge in [0.2, 0.25) is 0 Å². The maximum atomic E-state index is 12.2. The van der Waals surface area contributed by atoms with E-state index in [1.54, 1.807) is 0 Å². The third-order valence-electron chi connectivity index (χ3n) is 2.84. The number of benzene rings is 2. The summed E-state index contributed by atoms with van der Waals surface area (Å²) in [5, 5.41) is 19.4. The molecule has 0 aliphatic carbocycles. The van der Waals surface area contributed by atoms with Gasteiger partial charge in [-0.05, 0) is 36.4 Å². The highest BCUT2D eigenvalue weighted by Gasteiger charge is 2.18. The van der Waals surface area contributed by atoms with E-state index in [0.29, 0.717) is 9.72 Å². The molecule has 0 spiro atoms. The molecule has 0 saturated heterocycles. The average Bonchev–Trinajstić information content (AvgIpc) is 2.88. The number of halogens is 1. The number of anilines is 1. The molecule has 1 aromatic heterocycles. The number of hydrogen-bond acceptors (Lipinski definition) is 6. The smallest absolute Gasteiger partial charge is 0.263 e. The fourth-order valence-corrected chi connectivity index (χ4v) is 4.20. The zero-order chi connectivity index (χ0) is 15.9. The molecule has 0 fully saturated rings. The minimum atomic E-state index is -3.84. The third-order valence-corrected chi connectivity index (χ3v) is 5.76. The monoisotopic (exact) mass is 356 g/mol. The lowest BCUT2D eigenvalue weighted by molar-refractivity contribution is 0.474. The number of nitrogens with one attached hydrogen (secondary N) is 1. The Kier molecular flexibility index (Phi) is 3.59. The summed E-state index contributed by atoms with van der Waals surface area (Å²) in [5.74, 6) is -0.110. The lowest BCUT2D eigenvalue weighted by atomic mass is 10.3. The van der Waals surface area contributed by atoms with Crippen LogP contribution in [0.1, 0.15) is 0 Å². The maximum absolute atomic E-state index is 12.2. The van der Waals surface area contributed by atoms with E-state index in [1.807, 2.05) is 0 Å². The van der Waals surface area contributed by atoms with Crippen LogP contribution in [-0.4, -0.2) is 23.6 Å². The maximum Gasteiger partial charge on any atom is 0.263 e. The van der Waals surface area contributed by atoms with Crippen molar-refractivity contribution >= 4 is 48.3 Å². The second-order valence-corrected chi connectivity index (χ2v) is 7.45. The minimum absolute atomic E-state index is 0.0140. The first-order chi connectivity index (χ1) is 10.4. The van der Waals surface area contributed by atoms with E-state index >= 15 is 0 Å². The van der Waals surface area contributed by atoms with Gasteiger partial charge in [0, 0.05) is 0 Å². The number of phenols is 2. The topological polar surface area (TPSA) is 99.5 Å². The van der Waals surface area contributed by atoms with Crippen LogP contribution >= 0.6 is 22.9 Å². The van der Waals surface area contributed by atoms with Crippen molar-refractivity contribution in [3.05, 3.63) is 41.4 Å². The van der Waals surface area contributed by atoms with Gasteiger partial charge in [0.05, 0.1) is 14.6 Å². The largest absolute Gasteiger partial charge is 0.508 e. The molecule has 2 aromatic carbocycles. The van der Waals surface area contributed by atoms with Gasteiger partial charge in [-0.3, -0.25) is 4.72 Å². The zero-order valence-electron chi connectivity index (χ0n) is 10.8. The van der Waals surface area contributed by atoms with Crippen molar-refractivity contribution < 1.29 is 18.6 Å². The first-order valence-corrected chi connectivity index (χ1v) is 8.64. The molecule has 0 amide bonds. The highest BCUT2D eigenvalue weighted by atomic mass is 35.5. The predicted octanol–water partition coefficient (Wildman–Crippen LogP) is 3.16. The Hall–Kier alpha value is -2.03. The fraction of sp³-hybridized carbons (Fsp3) is 0. The number of aromatic hydroxyl groups is 2. The summed E-state index contributed by atoms with van der Waals surface area (Å²) in [6.07, 6.45) is 0. The second-order valence-electron chi connectivity index (χ2n) is 4.36. The number of sulfonamides is 1. The standard InChI is InChI=1S/C13H9ClN2O4S2/c14-9-5-6-10(18)11-12(9)21-13(15-11)16-22(19,20)8-3-1-7(17)2-4-8/h1-6,17-18H,(H,15,16). The number of rotatable bonds is 3. The van der Waals surface area contributed by atoms with Gasteiger partial charge in [-0.1, -0.05) is 22.9 Å². The number of fused-ring (bicyclic) bond motifs is 1. The van der Waals surface area contributed by atoms with Crippen LogP contribution in [0, 0.1) is 0 Å². The van der Waals surface area contributed by atoms with Crippen LogP contribution in [0.3, 0.4) is 0 Å². The van der Waals surface area contributed by atoms with Gasteiger partial charge in [0.25, 0.3) is 10.0 Å². The third kappa shape index (κ3) is 2.68. The Morgan fingerprint density at radius 2 is 1.77 bits per heavy atom. The highest BCUT2D eigenvalue weighted by Crippen LogP contribution is 2.37. The van der Waals surface area contributed by atoms with Gasteiger partial charge in [-0.2, -0.15) is 0 Å². The summed E-state index contributed by atoms with van der Waals surface area (Å²) in [6.45, 7) is 0. The highest BCUT2D eigenvalue weighted by molar-refractivity contribution is 7.93. The number of thiazole rings is 1. The Morgan fingerprint density at radius 1 is 1.09 bits per heavy atom. The number of hydrogen-bond donors (Lipinski definition) is 3. The van der Waals surface area contributed by atoms with Gasteiger partial charge in [0.15, 0.2) is 5.13 Å². The van der Waals surface area contributed by atoms with E-state index in [9.17, 15) is 18.6 Å². The Balaban J connectivity index is 2.00. The molecule has 0 aliphatic rings. The Bertz CT molecular complexity index is 913. The summed E-state index contributed by atoms with van der Waals surface area (Å²) >= 11 is 7.02. The summed E-state index contributed by atoms with van der Waals surface area (Å²) in [6, 6.07) is 7.99. The molecule has 0 bridgehead atoms. The molecule has 0 saturated carbocycles. The zero-order valence-corrected chi connectivity index (χ0v) is 13.2. The fourth-order valence-electron chi connectivity index (χ4n) is 1.81. The van der Waals surface area contributed by atoms with Crippen LogP contribution in [0.5, 0.6) is 11.5 Å². The van der Waals surface area contributed by atoms with Crippen LogP contribution in [0.25, 0.3) is 10.2 Å². The van der Waals surface area contributed by atoms with Gasteiger partial charge in [-0.25, -0.2) is 13.4 Å². The van der Waals surface area contributed by atoms with Gasteiger partial charge in [-0.15, -0.1) is 0 Å². The minimum Gasteiger partial charge on any atom is -0.508 e. The van der Waals surface area contributed by atoms with Crippen LogP contribution in [0.4, 0.5) is 5.13 Å². The SMILES string of the molecule is O=S(=O)(Nc1nc2c(O)ccc(Cl)c2s1)c1ccc(O)cc1. The number of aromatic nitrogens is 1. The molecule has 22 heavy (non-hydrogen) atoms. The van der Waals surface area contributed by atoms with E-state index in [1.165, 1.54) is 36.4 Å². The first kappa shape index (κ1) is 14.9.